The van der Waals surface area contributed by atoms with Crippen LogP contribution >= 0.6 is 0 Å². The van der Waals surface area contributed by atoms with Crippen LogP contribution < -0.4 is 0 Å². The molecule has 0 bridgehead atoms. The van der Waals surface area contributed by atoms with Gasteiger partial charge in [-0.25, -0.2) is 0 Å². The van der Waals surface area contributed by atoms with Gasteiger partial charge in [0.15, 0.2) is 0 Å². The van der Waals surface area contributed by atoms with Crippen LogP contribution in [0.1, 0.15) is 118 Å². The van der Waals surface area contributed by atoms with Crippen molar-refractivity contribution in [1.82, 2.24) is 0 Å². The minimum absolute atomic E-state index is 0.833. The van der Waals surface area contributed by atoms with Crippen molar-refractivity contribution in [2.24, 2.45) is 11.8 Å². The molecular weight excluding hydrogens is 252 g/mol. The molecule has 0 aromatic rings. The second-order valence-electron chi connectivity index (χ2n) is 7.12. The van der Waals surface area contributed by atoms with Gasteiger partial charge < -0.3 is 0 Å². The zero-order valence-electron chi connectivity index (χ0n) is 15.6. The lowest BCUT2D eigenvalue weighted by Crippen LogP contribution is -2.08. The largest absolute Gasteiger partial charge is 0.0654 e. The molecule has 0 fully saturated rings. The molecule has 21 heavy (non-hydrogen) atoms. The summed E-state index contributed by atoms with van der Waals surface area (Å²) in [6.07, 6.45) is 22.6. The molecular formula is C21H43. The molecule has 1 atom stereocenters. The van der Waals surface area contributed by atoms with Crippen LogP contribution in [0.15, 0.2) is 0 Å². The zero-order valence-corrected chi connectivity index (χ0v) is 15.6. The summed E-state index contributed by atoms with van der Waals surface area (Å²) in [6.45, 7) is 9.38. The van der Waals surface area contributed by atoms with Gasteiger partial charge in [-0.2, -0.15) is 0 Å². The monoisotopic (exact) mass is 295 g/mol. The molecule has 0 spiro atoms. The molecule has 0 aliphatic carbocycles. The van der Waals surface area contributed by atoms with E-state index in [4.69, 9.17) is 0 Å². The predicted molar refractivity (Wildman–Crippen MR) is 98.6 cm³/mol. The van der Waals surface area contributed by atoms with Crippen molar-refractivity contribution >= 4 is 0 Å². The Morgan fingerprint density at radius 3 is 1.52 bits per heavy atom. The van der Waals surface area contributed by atoms with E-state index in [9.17, 15) is 0 Å². The van der Waals surface area contributed by atoms with Crippen LogP contribution in [-0.4, -0.2) is 0 Å². The smallest absolute Gasteiger partial charge is 0.0326 e. The molecule has 0 amide bonds. The Balaban J connectivity index is 3.82. The quantitative estimate of drug-likeness (QED) is 0.253. The van der Waals surface area contributed by atoms with Gasteiger partial charge >= 0.3 is 0 Å². The fraction of sp³-hybridized carbons (Fsp3) is 0.952. The van der Waals surface area contributed by atoms with Gasteiger partial charge in [0.05, 0.1) is 0 Å². The minimum atomic E-state index is 0.833. The summed E-state index contributed by atoms with van der Waals surface area (Å²) in [7, 11) is 0. The van der Waals surface area contributed by atoms with Gasteiger partial charge in [0.25, 0.3) is 0 Å². The molecule has 0 saturated carbocycles. The number of unbranched alkanes of at least 4 members (excludes halogenated alkanes) is 8. The van der Waals surface area contributed by atoms with E-state index in [2.05, 4.69) is 34.1 Å². The fourth-order valence-corrected chi connectivity index (χ4v) is 3.28. The first-order chi connectivity index (χ1) is 10.2. The Labute approximate surface area is 136 Å². The number of hydrogen-bond acceptors (Lipinski definition) is 0. The normalized spacial score (nSPS) is 13.0. The van der Waals surface area contributed by atoms with Crippen molar-refractivity contribution in [3.8, 4) is 0 Å². The molecule has 1 radical (unpaired) electrons. The number of hydrogen-bond donors (Lipinski definition) is 0. The summed E-state index contributed by atoms with van der Waals surface area (Å²) < 4.78 is 0. The van der Waals surface area contributed by atoms with E-state index in [1.54, 1.807) is 0 Å². The van der Waals surface area contributed by atoms with Gasteiger partial charge in [-0.1, -0.05) is 118 Å². The predicted octanol–water partition coefficient (Wildman–Crippen LogP) is 7.96. The Hall–Kier alpha value is 0. The molecule has 1 unspecified atom stereocenters. The lowest BCUT2D eigenvalue weighted by Gasteiger charge is -2.21. The highest BCUT2D eigenvalue weighted by Crippen LogP contribution is 2.26. The van der Waals surface area contributed by atoms with Gasteiger partial charge in [0.1, 0.15) is 0 Å². The first-order valence-corrected chi connectivity index (χ1v) is 10.1. The third kappa shape index (κ3) is 14.7. The summed E-state index contributed by atoms with van der Waals surface area (Å²) in [4.78, 5) is 0. The van der Waals surface area contributed by atoms with Crippen LogP contribution in [0.5, 0.6) is 0 Å². The van der Waals surface area contributed by atoms with Gasteiger partial charge in [-0.15, -0.1) is 0 Å². The van der Waals surface area contributed by atoms with Crippen molar-refractivity contribution in [2.75, 3.05) is 0 Å². The highest BCUT2D eigenvalue weighted by Gasteiger charge is 2.13. The molecule has 0 aromatic heterocycles. The van der Waals surface area contributed by atoms with Gasteiger partial charge in [0, 0.05) is 0 Å². The molecule has 0 heteroatoms. The molecule has 0 saturated heterocycles. The minimum Gasteiger partial charge on any atom is -0.0654 e. The van der Waals surface area contributed by atoms with Gasteiger partial charge in [-0.3, -0.25) is 0 Å². The Kier molecular flexibility index (Phi) is 16.4. The molecule has 0 N–H and O–H groups in total. The van der Waals surface area contributed by atoms with E-state index in [-0.39, 0.29) is 0 Å². The maximum absolute atomic E-state index is 2.71. The van der Waals surface area contributed by atoms with Crippen molar-refractivity contribution < 1.29 is 0 Å². The van der Waals surface area contributed by atoms with Crippen LogP contribution in [0.25, 0.3) is 0 Å². The second-order valence-corrected chi connectivity index (χ2v) is 7.12. The van der Waals surface area contributed by atoms with Crippen LogP contribution in [-0.2, 0) is 0 Å². The van der Waals surface area contributed by atoms with Crippen molar-refractivity contribution in [2.45, 2.75) is 118 Å². The maximum atomic E-state index is 2.71. The van der Waals surface area contributed by atoms with Crippen molar-refractivity contribution in [3.05, 3.63) is 6.42 Å². The zero-order chi connectivity index (χ0) is 15.8. The van der Waals surface area contributed by atoms with Crippen LogP contribution in [0.4, 0.5) is 0 Å². The Morgan fingerprint density at radius 1 is 0.571 bits per heavy atom. The van der Waals surface area contributed by atoms with E-state index >= 15 is 0 Å². The standard InChI is InChI=1S/C21H43/c1-5-8-11-12-15-16-20(4)19-21(17-13-9-6-2)18-14-10-7-3/h19-21H,5-18H2,1-4H3. The fourth-order valence-electron chi connectivity index (χ4n) is 3.28. The molecule has 0 nitrogen and oxygen atoms in total. The Morgan fingerprint density at radius 2 is 1.00 bits per heavy atom. The highest BCUT2D eigenvalue weighted by atomic mass is 14.2. The summed E-state index contributed by atoms with van der Waals surface area (Å²) in [6, 6.07) is 0. The third-order valence-corrected chi connectivity index (χ3v) is 4.72. The molecule has 0 heterocycles. The number of rotatable bonds is 16. The maximum Gasteiger partial charge on any atom is -0.0326 e. The van der Waals surface area contributed by atoms with Crippen LogP contribution in [0.2, 0.25) is 0 Å². The average Bonchev–Trinajstić information content (AvgIpc) is 2.47. The third-order valence-electron chi connectivity index (χ3n) is 4.72. The molecule has 0 rings (SSSR count). The van der Waals surface area contributed by atoms with Crippen LogP contribution in [0, 0.1) is 18.3 Å². The SMILES string of the molecule is CCCCCCCC(C)[CH]C(CCCCC)CCCCC. The summed E-state index contributed by atoms with van der Waals surface area (Å²) in [5.41, 5.74) is 0. The van der Waals surface area contributed by atoms with E-state index in [0.717, 1.165) is 11.8 Å². The first kappa shape index (κ1) is 21.0. The van der Waals surface area contributed by atoms with Gasteiger partial charge in [-0.05, 0) is 18.3 Å². The molecule has 127 valence electrons. The molecule has 0 aliphatic rings. The molecule has 0 aliphatic heterocycles. The van der Waals surface area contributed by atoms with Crippen molar-refractivity contribution in [3.63, 3.8) is 0 Å². The van der Waals surface area contributed by atoms with E-state index in [1.807, 2.05) is 0 Å². The first-order valence-electron chi connectivity index (χ1n) is 10.1. The summed E-state index contributed by atoms with van der Waals surface area (Å²) in [5.74, 6) is 1.73. The van der Waals surface area contributed by atoms with Crippen LogP contribution in [0.3, 0.4) is 0 Å². The lowest BCUT2D eigenvalue weighted by atomic mass is 9.85. The average molecular weight is 296 g/mol. The van der Waals surface area contributed by atoms with Gasteiger partial charge in [0.2, 0.25) is 0 Å². The van der Waals surface area contributed by atoms with E-state index < -0.39 is 0 Å². The van der Waals surface area contributed by atoms with E-state index in [0.29, 0.717) is 0 Å². The Bertz CT molecular complexity index is 174. The molecule has 0 aromatic carbocycles. The lowest BCUT2D eigenvalue weighted by molar-refractivity contribution is 0.401. The summed E-state index contributed by atoms with van der Waals surface area (Å²) >= 11 is 0. The topological polar surface area (TPSA) is 0 Å². The second kappa shape index (κ2) is 16.4. The highest BCUT2D eigenvalue weighted by molar-refractivity contribution is 4.81. The summed E-state index contributed by atoms with van der Waals surface area (Å²) in [5, 5.41) is 0. The van der Waals surface area contributed by atoms with Crippen molar-refractivity contribution in [1.29, 1.82) is 0 Å². The van der Waals surface area contributed by atoms with E-state index in [1.165, 1.54) is 89.9 Å².